The lowest BCUT2D eigenvalue weighted by molar-refractivity contribution is -0.137. The number of nitrogens with one attached hydrogen (secondary N) is 2. The highest BCUT2D eigenvalue weighted by Crippen LogP contribution is 2.43. The van der Waals surface area contributed by atoms with E-state index in [2.05, 4.69) is 15.3 Å². The number of nitrogens with two attached hydrogens (primary N) is 1. The Kier molecular flexibility index (Phi) is 4.95. The summed E-state index contributed by atoms with van der Waals surface area (Å²) in [6, 6.07) is -0.187. The van der Waals surface area contributed by atoms with Gasteiger partial charge in [0, 0.05) is 37.4 Å². The van der Waals surface area contributed by atoms with E-state index in [4.69, 9.17) is 5.73 Å². The number of halogens is 3. The first-order chi connectivity index (χ1) is 13.3. The van der Waals surface area contributed by atoms with Crippen molar-refractivity contribution in [1.82, 2.24) is 9.97 Å². The Labute approximate surface area is 160 Å². The number of hydrogen-bond acceptors (Lipinski definition) is 4. The van der Waals surface area contributed by atoms with Crippen molar-refractivity contribution < 1.29 is 18.0 Å². The summed E-state index contributed by atoms with van der Waals surface area (Å²) in [5.74, 6) is -0.229. The van der Waals surface area contributed by atoms with Crippen LogP contribution in [0.3, 0.4) is 0 Å². The molecule has 3 heterocycles. The third-order valence-electron chi connectivity index (χ3n) is 5.74. The summed E-state index contributed by atoms with van der Waals surface area (Å²) < 4.78 is 41.3. The summed E-state index contributed by atoms with van der Waals surface area (Å²) in [4.78, 5) is 21.1. The normalized spacial score (nSPS) is 21.4. The molecule has 0 aromatic carbocycles. The number of piperidine rings is 1. The summed E-state index contributed by atoms with van der Waals surface area (Å²) in [6.07, 6.45) is 2.96. The van der Waals surface area contributed by atoms with Crippen molar-refractivity contribution in [2.24, 2.45) is 11.7 Å². The zero-order chi connectivity index (χ0) is 19.9. The fourth-order valence-electron chi connectivity index (χ4n) is 4.35. The molecule has 9 heteroatoms. The Bertz CT molecular complexity index is 872. The molecule has 152 valence electrons. The molecule has 0 bridgehead atoms. The van der Waals surface area contributed by atoms with E-state index in [1.165, 1.54) is 6.20 Å². The standard InChI is InChI=1S/C19H24F3N5O/c20-19(21,22)13-8-24-17-15(16(13)27-7-3-6-12(23)10-27)14(9-25-17)26-18(28)11-4-1-2-5-11/h8-9,11-12H,1-7,10,23H2,(H,24,25)(H,26,28)/t12-/m1/s1. The van der Waals surface area contributed by atoms with E-state index >= 15 is 0 Å². The lowest BCUT2D eigenvalue weighted by atomic mass is 10.0. The number of hydrogen-bond donors (Lipinski definition) is 3. The fraction of sp³-hybridized carbons (Fsp3) is 0.579. The van der Waals surface area contributed by atoms with Gasteiger partial charge in [-0.3, -0.25) is 4.79 Å². The van der Waals surface area contributed by atoms with E-state index < -0.39 is 11.7 Å². The quantitative estimate of drug-likeness (QED) is 0.741. The first-order valence-electron chi connectivity index (χ1n) is 9.73. The van der Waals surface area contributed by atoms with Crippen LogP contribution in [0, 0.1) is 5.92 Å². The number of rotatable bonds is 3. The van der Waals surface area contributed by atoms with Crippen LogP contribution in [0.25, 0.3) is 11.0 Å². The van der Waals surface area contributed by atoms with Gasteiger partial charge >= 0.3 is 6.18 Å². The van der Waals surface area contributed by atoms with Crippen molar-refractivity contribution in [2.75, 3.05) is 23.3 Å². The number of amides is 1. The number of alkyl halides is 3. The summed E-state index contributed by atoms with van der Waals surface area (Å²) in [6.45, 7) is 0.820. The van der Waals surface area contributed by atoms with E-state index in [9.17, 15) is 18.0 Å². The van der Waals surface area contributed by atoms with Gasteiger partial charge in [0.15, 0.2) is 0 Å². The molecule has 1 saturated heterocycles. The molecule has 2 fully saturated rings. The summed E-state index contributed by atoms with van der Waals surface area (Å²) in [5.41, 5.74) is 5.95. The minimum absolute atomic E-state index is 0.0515. The molecule has 1 atom stereocenters. The number of carbonyl (C=O) groups excluding carboxylic acids is 1. The molecule has 1 saturated carbocycles. The summed E-state index contributed by atoms with van der Waals surface area (Å²) >= 11 is 0. The molecule has 2 aromatic heterocycles. The Morgan fingerprint density at radius 2 is 2.00 bits per heavy atom. The van der Waals surface area contributed by atoms with E-state index in [1.807, 2.05) is 0 Å². The molecule has 2 aliphatic rings. The van der Waals surface area contributed by atoms with Crippen LogP contribution in [0.15, 0.2) is 12.4 Å². The van der Waals surface area contributed by atoms with Gasteiger partial charge in [0.05, 0.1) is 22.3 Å². The molecule has 1 aliphatic heterocycles. The average Bonchev–Trinajstić information content (AvgIpc) is 3.30. The second kappa shape index (κ2) is 7.27. The van der Waals surface area contributed by atoms with Crippen LogP contribution in [-0.2, 0) is 11.0 Å². The molecule has 2 aromatic rings. The zero-order valence-corrected chi connectivity index (χ0v) is 15.5. The molecular formula is C19H24F3N5O. The SMILES string of the molecule is N[C@@H]1CCCN(c2c(C(F)(F)F)cnc3[nH]cc(NC(=O)C4CCCC4)c23)C1. The third-order valence-corrected chi connectivity index (χ3v) is 5.74. The molecule has 0 radical (unpaired) electrons. The van der Waals surface area contributed by atoms with Gasteiger partial charge < -0.3 is 20.9 Å². The van der Waals surface area contributed by atoms with Crippen molar-refractivity contribution in [2.45, 2.75) is 50.7 Å². The lowest BCUT2D eigenvalue weighted by Gasteiger charge is -2.34. The number of carbonyl (C=O) groups is 1. The summed E-state index contributed by atoms with van der Waals surface area (Å²) in [7, 11) is 0. The van der Waals surface area contributed by atoms with Crippen LogP contribution in [0.4, 0.5) is 24.5 Å². The minimum atomic E-state index is -4.55. The van der Waals surface area contributed by atoms with Gasteiger partial charge in [-0.1, -0.05) is 12.8 Å². The number of pyridine rings is 1. The maximum atomic E-state index is 13.8. The zero-order valence-electron chi connectivity index (χ0n) is 15.5. The van der Waals surface area contributed by atoms with Crippen LogP contribution < -0.4 is 16.0 Å². The van der Waals surface area contributed by atoms with Gasteiger partial charge in [-0.2, -0.15) is 13.2 Å². The predicted molar refractivity (Wildman–Crippen MR) is 101 cm³/mol. The molecule has 0 spiro atoms. The first kappa shape index (κ1) is 19.0. The van der Waals surface area contributed by atoms with Crippen LogP contribution in [0.5, 0.6) is 0 Å². The molecule has 6 nitrogen and oxygen atoms in total. The second-order valence-corrected chi connectivity index (χ2v) is 7.76. The van der Waals surface area contributed by atoms with Gasteiger partial charge in [-0.25, -0.2) is 4.98 Å². The van der Waals surface area contributed by atoms with Gasteiger partial charge in [0.2, 0.25) is 5.91 Å². The Balaban J connectivity index is 1.80. The average molecular weight is 395 g/mol. The monoisotopic (exact) mass is 395 g/mol. The topological polar surface area (TPSA) is 87.0 Å². The van der Waals surface area contributed by atoms with Crippen LogP contribution in [0.2, 0.25) is 0 Å². The molecule has 4 rings (SSSR count). The van der Waals surface area contributed by atoms with Crippen molar-refractivity contribution in [3.63, 3.8) is 0 Å². The largest absolute Gasteiger partial charge is 0.419 e. The summed E-state index contributed by atoms with van der Waals surface area (Å²) in [5, 5.41) is 3.14. The van der Waals surface area contributed by atoms with Gasteiger partial charge in [0.25, 0.3) is 0 Å². The predicted octanol–water partition coefficient (Wildman–Crippen LogP) is 3.64. The number of aromatic amines is 1. The van der Waals surface area contributed by atoms with E-state index in [1.54, 1.807) is 4.90 Å². The van der Waals surface area contributed by atoms with Crippen molar-refractivity contribution in [3.05, 3.63) is 18.0 Å². The molecule has 0 unspecified atom stereocenters. The number of nitrogens with zero attached hydrogens (tertiary/aromatic N) is 2. The number of aromatic nitrogens is 2. The molecule has 4 N–H and O–H groups in total. The highest BCUT2D eigenvalue weighted by Gasteiger charge is 2.38. The smallest absolute Gasteiger partial charge is 0.369 e. The van der Waals surface area contributed by atoms with E-state index in [0.717, 1.165) is 44.7 Å². The fourth-order valence-corrected chi connectivity index (χ4v) is 4.35. The van der Waals surface area contributed by atoms with Crippen LogP contribution in [0.1, 0.15) is 44.1 Å². The number of anilines is 2. The molecule has 1 amide bonds. The first-order valence-corrected chi connectivity index (χ1v) is 9.73. The highest BCUT2D eigenvalue weighted by atomic mass is 19.4. The molecule has 1 aliphatic carbocycles. The third kappa shape index (κ3) is 3.55. The maximum absolute atomic E-state index is 13.8. The van der Waals surface area contributed by atoms with Gasteiger partial charge in [-0.05, 0) is 25.7 Å². The van der Waals surface area contributed by atoms with Crippen molar-refractivity contribution in [1.29, 1.82) is 0 Å². The van der Waals surface area contributed by atoms with Crippen molar-refractivity contribution >= 4 is 28.3 Å². The Morgan fingerprint density at radius 1 is 1.25 bits per heavy atom. The Hall–Kier alpha value is -2.29. The second-order valence-electron chi connectivity index (χ2n) is 7.76. The molecule has 28 heavy (non-hydrogen) atoms. The highest BCUT2D eigenvalue weighted by molar-refractivity contribution is 6.07. The van der Waals surface area contributed by atoms with Crippen LogP contribution >= 0.6 is 0 Å². The minimum Gasteiger partial charge on any atom is -0.369 e. The van der Waals surface area contributed by atoms with E-state index in [0.29, 0.717) is 29.8 Å². The van der Waals surface area contributed by atoms with Crippen LogP contribution in [-0.4, -0.2) is 35.0 Å². The number of fused-ring (bicyclic) bond motifs is 1. The maximum Gasteiger partial charge on any atom is 0.419 e. The lowest BCUT2D eigenvalue weighted by Crippen LogP contribution is -2.43. The van der Waals surface area contributed by atoms with Gasteiger partial charge in [-0.15, -0.1) is 0 Å². The van der Waals surface area contributed by atoms with Crippen molar-refractivity contribution in [3.8, 4) is 0 Å². The van der Waals surface area contributed by atoms with E-state index in [-0.39, 0.29) is 23.6 Å². The Morgan fingerprint density at radius 3 is 2.68 bits per heavy atom. The molecular weight excluding hydrogens is 371 g/mol. The number of H-pyrrole nitrogens is 1. The van der Waals surface area contributed by atoms with Gasteiger partial charge in [0.1, 0.15) is 5.65 Å².